The second-order valence-corrected chi connectivity index (χ2v) is 8.19. The van der Waals surface area contributed by atoms with Gasteiger partial charge in [0.25, 0.3) is 0 Å². The number of rotatable bonds is 11. The Morgan fingerprint density at radius 1 is 0.912 bits per heavy atom. The van der Waals surface area contributed by atoms with Crippen molar-refractivity contribution in [2.45, 2.75) is 52.1 Å². The molecule has 1 unspecified atom stereocenters. The van der Waals surface area contributed by atoms with Crippen molar-refractivity contribution in [3.8, 4) is 22.6 Å². The summed E-state index contributed by atoms with van der Waals surface area (Å²) in [4.78, 5) is 24.2. The predicted octanol–water partition coefficient (Wildman–Crippen LogP) is 7.15. The molecule has 0 fully saturated rings. The Morgan fingerprint density at radius 2 is 1.65 bits per heavy atom. The van der Waals surface area contributed by atoms with Gasteiger partial charge >= 0.3 is 11.9 Å². The lowest BCUT2D eigenvalue weighted by Crippen LogP contribution is -2.14. The Balaban J connectivity index is 1.76. The molecule has 3 rings (SSSR count). The molecule has 5 nitrogen and oxygen atoms in total. The Labute approximate surface area is 199 Å². The molecule has 0 radical (unpaired) electrons. The number of aromatic carboxylic acids is 1. The van der Waals surface area contributed by atoms with Crippen LogP contribution in [0.3, 0.4) is 0 Å². The lowest BCUT2D eigenvalue weighted by Gasteiger charge is -2.16. The summed E-state index contributed by atoms with van der Waals surface area (Å²) in [5, 5.41) is 9.34. The number of benzene rings is 3. The van der Waals surface area contributed by atoms with Crippen LogP contribution in [0.15, 0.2) is 66.7 Å². The van der Waals surface area contributed by atoms with Crippen LogP contribution >= 0.6 is 0 Å². The first-order valence-corrected chi connectivity index (χ1v) is 11.5. The molecule has 0 spiro atoms. The van der Waals surface area contributed by atoms with Crippen molar-refractivity contribution in [1.82, 2.24) is 0 Å². The van der Waals surface area contributed by atoms with Gasteiger partial charge in [-0.3, -0.25) is 0 Å². The topological polar surface area (TPSA) is 72.8 Å². The number of halogens is 1. The quantitative estimate of drug-likeness (QED) is 0.185. The maximum atomic E-state index is 14.7. The molecule has 3 aromatic carbocycles. The van der Waals surface area contributed by atoms with Gasteiger partial charge in [0.05, 0.1) is 17.2 Å². The standard InChI is InChI=1S/C28H29FO5/c1-3-4-5-7-10-19(2)33-25-16-14-22(17-24(25)29)28(32)34-26-18-21(27(30)31)13-15-23(26)20-11-8-6-9-12-20/h6,8-9,11-19H,3-5,7,10H2,1-2H3,(H,30,31). The predicted molar refractivity (Wildman–Crippen MR) is 129 cm³/mol. The zero-order valence-electron chi connectivity index (χ0n) is 19.4. The summed E-state index contributed by atoms with van der Waals surface area (Å²) in [6.07, 6.45) is 5.13. The van der Waals surface area contributed by atoms with Gasteiger partial charge in [-0.2, -0.15) is 0 Å². The highest BCUT2D eigenvalue weighted by atomic mass is 19.1. The Morgan fingerprint density at radius 3 is 2.32 bits per heavy atom. The summed E-state index contributed by atoms with van der Waals surface area (Å²) in [7, 11) is 0. The third-order valence-corrected chi connectivity index (χ3v) is 5.48. The highest BCUT2D eigenvalue weighted by molar-refractivity contribution is 5.94. The molecular weight excluding hydrogens is 435 g/mol. The molecule has 3 aromatic rings. The van der Waals surface area contributed by atoms with E-state index in [-0.39, 0.29) is 28.7 Å². The third-order valence-electron chi connectivity index (χ3n) is 5.48. The smallest absolute Gasteiger partial charge is 0.343 e. The third kappa shape index (κ3) is 6.67. The van der Waals surface area contributed by atoms with Gasteiger partial charge in [0.2, 0.25) is 0 Å². The van der Waals surface area contributed by atoms with Gasteiger partial charge in [-0.15, -0.1) is 0 Å². The number of esters is 1. The first kappa shape index (κ1) is 25.0. The van der Waals surface area contributed by atoms with E-state index in [4.69, 9.17) is 9.47 Å². The van der Waals surface area contributed by atoms with Gasteiger partial charge in [0.15, 0.2) is 11.6 Å². The highest BCUT2D eigenvalue weighted by Crippen LogP contribution is 2.32. The van der Waals surface area contributed by atoms with Crippen molar-refractivity contribution in [3.63, 3.8) is 0 Å². The molecule has 0 bridgehead atoms. The fraction of sp³-hybridized carbons (Fsp3) is 0.286. The van der Waals surface area contributed by atoms with Crippen molar-refractivity contribution in [2.75, 3.05) is 0 Å². The summed E-state index contributed by atoms with van der Waals surface area (Å²) < 4.78 is 25.9. The van der Waals surface area contributed by atoms with Crippen LogP contribution in [-0.4, -0.2) is 23.1 Å². The fourth-order valence-electron chi connectivity index (χ4n) is 3.61. The van der Waals surface area contributed by atoms with E-state index in [1.165, 1.54) is 30.7 Å². The molecule has 0 aliphatic rings. The van der Waals surface area contributed by atoms with E-state index in [1.807, 2.05) is 37.3 Å². The average Bonchev–Trinajstić information content (AvgIpc) is 2.83. The molecule has 0 amide bonds. The molecule has 1 atom stereocenters. The van der Waals surface area contributed by atoms with Crippen LogP contribution in [0, 0.1) is 5.82 Å². The van der Waals surface area contributed by atoms with Crippen molar-refractivity contribution in [1.29, 1.82) is 0 Å². The van der Waals surface area contributed by atoms with Gasteiger partial charge in [0.1, 0.15) is 5.75 Å². The van der Waals surface area contributed by atoms with Gasteiger partial charge < -0.3 is 14.6 Å². The number of hydrogen-bond acceptors (Lipinski definition) is 4. The van der Waals surface area contributed by atoms with Crippen molar-refractivity contribution < 1.29 is 28.6 Å². The van der Waals surface area contributed by atoms with E-state index >= 15 is 0 Å². The number of carboxylic acids is 1. The molecule has 0 aromatic heterocycles. The van der Waals surface area contributed by atoms with Crippen LogP contribution in [0.25, 0.3) is 11.1 Å². The molecule has 0 saturated carbocycles. The Kier molecular flexibility index (Phi) is 8.79. The summed E-state index contributed by atoms with van der Waals surface area (Å²) in [5.41, 5.74) is 1.28. The summed E-state index contributed by atoms with van der Waals surface area (Å²) in [5.74, 6) is -2.43. The van der Waals surface area contributed by atoms with Gasteiger partial charge in [-0.1, -0.05) is 56.5 Å². The van der Waals surface area contributed by atoms with E-state index in [0.717, 1.165) is 37.3 Å². The average molecular weight is 465 g/mol. The van der Waals surface area contributed by atoms with E-state index in [2.05, 4.69) is 6.92 Å². The molecule has 178 valence electrons. The summed E-state index contributed by atoms with van der Waals surface area (Å²) in [6, 6.07) is 17.4. The second kappa shape index (κ2) is 12.0. The maximum absolute atomic E-state index is 14.7. The Hall–Kier alpha value is -3.67. The van der Waals surface area contributed by atoms with Crippen LogP contribution in [0.2, 0.25) is 0 Å². The van der Waals surface area contributed by atoms with Crippen LogP contribution in [0.4, 0.5) is 4.39 Å². The van der Waals surface area contributed by atoms with Crippen molar-refractivity contribution in [2.24, 2.45) is 0 Å². The van der Waals surface area contributed by atoms with Crippen LogP contribution in [0.5, 0.6) is 11.5 Å². The monoisotopic (exact) mass is 464 g/mol. The number of carboxylic acid groups (broad SMARTS) is 1. The molecule has 0 saturated heterocycles. The minimum Gasteiger partial charge on any atom is -0.488 e. The largest absolute Gasteiger partial charge is 0.488 e. The zero-order valence-corrected chi connectivity index (χ0v) is 19.4. The lowest BCUT2D eigenvalue weighted by molar-refractivity contribution is 0.0687. The van der Waals surface area contributed by atoms with Crippen molar-refractivity contribution in [3.05, 3.63) is 83.7 Å². The zero-order chi connectivity index (χ0) is 24.5. The van der Waals surface area contributed by atoms with E-state index in [0.29, 0.717) is 5.56 Å². The fourth-order valence-corrected chi connectivity index (χ4v) is 3.61. The minimum atomic E-state index is -1.15. The molecule has 0 aliphatic carbocycles. The maximum Gasteiger partial charge on any atom is 0.343 e. The highest BCUT2D eigenvalue weighted by Gasteiger charge is 2.18. The normalized spacial score (nSPS) is 11.6. The number of hydrogen-bond donors (Lipinski definition) is 1. The molecule has 34 heavy (non-hydrogen) atoms. The van der Waals surface area contributed by atoms with Crippen LogP contribution < -0.4 is 9.47 Å². The minimum absolute atomic E-state index is 0.000175. The van der Waals surface area contributed by atoms with Gasteiger partial charge in [-0.05, 0) is 61.7 Å². The number of unbranched alkanes of at least 4 members (excludes halogenated alkanes) is 3. The van der Waals surface area contributed by atoms with Gasteiger partial charge in [-0.25, -0.2) is 14.0 Å². The molecule has 1 N–H and O–H groups in total. The van der Waals surface area contributed by atoms with Gasteiger partial charge in [0, 0.05) is 5.56 Å². The number of carbonyl (C=O) groups excluding carboxylic acids is 1. The number of ether oxygens (including phenoxy) is 2. The lowest BCUT2D eigenvalue weighted by atomic mass is 10.0. The van der Waals surface area contributed by atoms with E-state index in [9.17, 15) is 19.1 Å². The molecule has 6 heteroatoms. The molecular formula is C28H29FO5. The first-order chi connectivity index (χ1) is 16.4. The van der Waals surface area contributed by atoms with Crippen LogP contribution in [-0.2, 0) is 0 Å². The molecule has 0 heterocycles. The van der Waals surface area contributed by atoms with E-state index < -0.39 is 17.8 Å². The molecule has 0 aliphatic heterocycles. The second-order valence-electron chi connectivity index (χ2n) is 8.19. The van der Waals surface area contributed by atoms with Crippen molar-refractivity contribution >= 4 is 11.9 Å². The summed E-state index contributed by atoms with van der Waals surface area (Å²) >= 11 is 0. The van der Waals surface area contributed by atoms with E-state index in [1.54, 1.807) is 6.07 Å². The number of carbonyl (C=O) groups is 2. The van der Waals surface area contributed by atoms with Crippen LogP contribution in [0.1, 0.15) is 66.7 Å². The Bertz CT molecular complexity index is 1130. The first-order valence-electron chi connectivity index (χ1n) is 11.5. The SMILES string of the molecule is CCCCCCC(C)Oc1ccc(C(=O)Oc2cc(C(=O)O)ccc2-c2ccccc2)cc1F. The summed E-state index contributed by atoms with van der Waals surface area (Å²) in [6.45, 7) is 4.04.